The summed E-state index contributed by atoms with van der Waals surface area (Å²) in [6, 6.07) is 7.65. The highest BCUT2D eigenvalue weighted by atomic mass is 32.2. The van der Waals surface area contributed by atoms with Gasteiger partial charge in [-0.05, 0) is 43.4 Å². The van der Waals surface area contributed by atoms with E-state index in [-0.39, 0.29) is 24.8 Å². The zero-order chi connectivity index (χ0) is 19.4. The Morgan fingerprint density at radius 3 is 2.56 bits per heavy atom. The minimum Gasteiger partial charge on any atom is -0.481 e. The summed E-state index contributed by atoms with van der Waals surface area (Å²) in [7, 11) is 0. The van der Waals surface area contributed by atoms with Crippen molar-refractivity contribution in [3.63, 3.8) is 0 Å². The van der Waals surface area contributed by atoms with Crippen LogP contribution < -0.4 is 10.2 Å². The van der Waals surface area contributed by atoms with Gasteiger partial charge in [0.15, 0.2) is 0 Å². The number of carbonyl (C=O) groups excluding carboxylic acids is 2. The monoisotopic (exact) mass is 392 g/mol. The van der Waals surface area contributed by atoms with E-state index in [0.717, 1.165) is 10.6 Å². The lowest BCUT2D eigenvalue weighted by Crippen LogP contribution is -2.48. The van der Waals surface area contributed by atoms with Crippen molar-refractivity contribution in [3.05, 3.63) is 24.3 Å². The summed E-state index contributed by atoms with van der Waals surface area (Å²) in [5.41, 5.74) is -0.205. The maximum atomic E-state index is 12.6. The first-order valence-corrected chi connectivity index (χ1v) is 10.2. The number of anilines is 1. The third-order valence-electron chi connectivity index (χ3n) is 5.38. The molecule has 1 unspecified atom stereocenters. The van der Waals surface area contributed by atoms with Crippen molar-refractivity contribution < 1.29 is 24.2 Å². The summed E-state index contributed by atoms with van der Waals surface area (Å²) >= 11 is 1.62. The number of ether oxygens (including phenoxy) is 1. The lowest BCUT2D eigenvalue weighted by Gasteiger charge is -2.33. The zero-order valence-electron chi connectivity index (χ0n) is 15.3. The molecule has 3 rings (SSSR count). The van der Waals surface area contributed by atoms with E-state index in [1.54, 1.807) is 16.7 Å². The number of amides is 2. The fraction of sp³-hybridized carbons (Fsp3) is 0.526. The maximum absolute atomic E-state index is 12.6. The highest BCUT2D eigenvalue weighted by molar-refractivity contribution is 7.98. The number of nitrogens with one attached hydrogen (secondary N) is 1. The second kappa shape index (κ2) is 8.31. The molecule has 1 atom stereocenters. The minimum absolute atomic E-state index is 0.0671. The van der Waals surface area contributed by atoms with Gasteiger partial charge in [0.1, 0.15) is 0 Å². The number of carboxylic acid groups (broad SMARTS) is 1. The molecule has 146 valence electrons. The average Bonchev–Trinajstić information content (AvgIpc) is 3.08. The summed E-state index contributed by atoms with van der Waals surface area (Å²) in [6.45, 7) is 1.14. The van der Waals surface area contributed by atoms with Gasteiger partial charge in [-0.15, -0.1) is 11.8 Å². The Labute approximate surface area is 162 Å². The lowest BCUT2D eigenvalue weighted by molar-refractivity contribution is -0.154. The number of thioether (sulfide) groups is 1. The predicted octanol–water partition coefficient (Wildman–Crippen LogP) is 1.76. The summed E-state index contributed by atoms with van der Waals surface area (Å²) in [6.07, 6.45) is 2.87. The van der Waals surface area contributed by atoms with Crippen LogP contribution in [0.3, 0.4) is 0 Å². The molecule has 0 spiro atoms. The van der Waals surface area contributed by atoms with E-state index in [4.69, 9.17) is 4.74 Å². The molecule has 0 saturated carbocycles. The molecule has 1 aromatic carbocycles. The van der Waals surface area contributed by atoms with E-state index in [0.29, 0.717) is 32.6 Å². The van der Waals surface area contributed by atoms with Crippen LogP contribution in [0.1, 0.15) is 19.3 Å². The Balaban J connectivity index is 1.60. The van der Waals surface area contributed by atoms with Gasteiger partial charge in [-0.3, -0.25) is 14.4 Å². The van der Waals surface area contributed by atoms with Crippen LogP contribution in [0.5, 0.6) is 0 Å². The molecule has 2 N–H and O–H groups in total. The number of hydrogen-bond donors (Lipinski definition) is 2. The van der Waals surface area contributed by atoms with Crippen molar-refractivity contribution in [2.45, 2.75) is 24.2 Å². The van der Waals surface area contributed by atoms with E-state index >= 15 is 0 Å². The first kappa shape index (κ1) is 19.7. The first-order valence-electron chi connectivity index (χ1n) is 8.98. The van der Waals surface area contributed by atoms with Gasteiger partial charge in [-0.2, -0.15) is 0 Å². The topological polar surface area (TPSA) is 95.9 Å². The molecule has 2 aliphatic heterocycles. The number of hydrogen-bond acceptors (Lipinski definition) is 5. The van der Waals surface area contributed by atoms with Crippen LogP contribution in [-0.2, 0) is 19.1 Å². The average molecular weight is 392 g/mol. The smallest absolute Gasteiger partial charge is 0.311 e. The Morgan fingerprint density at radius 1 is 1.30 bits per heavy atom. The zero-order valence-corrected chi connectivity index (χ0v) is 16.1. The van der Waals surface area contributed by atoms with Crippen LogP contribution in [0.15, 0.2) is 29.2 Å². The van der Waals surface area contributed by atoms with Crippen molar-refractivity contribution in [1.82, 2.24) is 5.32 Å². The number of benzene rings is 1. The number of carbonyl (C=O) groups is 3. The summed E-state index contributed by atoms with van der Waals surface area (Å²) in [5, 5.41) is 12.3. The normalized spacial score (nSPS) is 21.9. The molecule has 27 heavy (non-hydrogen) atoms. The second-order valence-corrected chi connectivity index (χ2v) is 7.90. The molecule has 0 aliphatic carbocycles. The second-order valence-electron chi connectivity index (χ2n) is 7.02. The fourth-order valence-electron chi connectivity index (χ4n) is 3.52. The summed E-state index contributed by atoms with van der Waals surface area (Å²) in [5.74, 6) is -1.74. The molecule has 2 fully saturated rings. The van der Waals surface area contributed by atoms with Crippen molar-refractivity contribution in [2.24, 2.45) is 11.3 Å². The van der Waals surface area contributed by atoms with E-state index in [1.807, 2.05) is 30.5 Å². The fourth-order valence-corrected chi connectivity index (χ4v) is 3.93. The van der Waals surface area contributed by atoms with E-state index in [2.05, 4.69) is 5.32 Å². The quantitative estimate of drug-likeness (QED) is 0.716. The molecule has 2 heterocycles. The number of aliphatic carboxylic acids is 1. The van der Waals surface area contributed by atoms with Gasteiger partial charge >= 0.3 is 5.97 Å². The molecule has 2 saturated heterocycles. The molecule has 2 aliphatic rings. The SMILES string of the molecule is CSc1ccc(N2CC(C(=O)NCC3(C(=O)O)CCOCC3)CC2=O)cc1. The van der Waals surface area contributed by atoms with E-state index in [9.17, 15) is 19.5 Å². The molecule has 0 radical (unpaired) electrons. The lowest BCUT2D eigenvalue weighted by atomic mass is 9.80. The third-order valence-corrected chi connectivity index (χ3v) is 6.13. The van der Waals surface area contributed by atoms with Crippen LogP contribution in [0.25, 0.3) is 0 Å². The molecule has 0 bridgehead atoms. The summed E-state index contributed by atoms with van der Waals surface area (Å²) in [4.78, 5) is 39.3. The Kier molecular flexibility index (Phi) is 6.06. The van der Waals surface area contributed by atoms with Gasteiger partial charge in [-0.1, -0.05) is 0 Å². The summed E-state index contributed by atoms with van der Waals surface area (Å²) < 4.78 is 5.25. The molecule has 8 heteroatoms. The Hall–Kier alpha value is -2.06. The van der Waals surface area contributed by atoms with Gasteiger partial charge in [0.05, 0.1) is 11.3 Å². The standard InChI is InChI=1S/C19H24N2O5S/c1-27-15-4-2-14(3-5-15)21-11-13(10-16(21)22)17(23)20-12-19(18(24)25)6-8-26-9-7-19/h2-5,13H,6-12H2,1H3,(H,20,23)(H,24,25). The minimum atomic E-state index is -0.982. The van der Waals surface area contributed by atoms with Gasteiger partial charge in [0, 0.05) is 43.3 Å². The molecular weight excluding hydrogens is 368 g/mol. The van der Waals surface area contributed by atoms with Crippen molar-refractivity contribution in [2.75, 3.05) is 37.5 Å². The van der Waals surface area contributed by atoms with Crippen molar-refractivity contribution in [3.8, 4) is 0 Å². The first-order chi connectivity index (χ1) is 12.9. The van der Waals surface area contributed by atoms with Crippen molar-refractivity contribution >= 4 is 35.2 Å². The van der Waals surface area contributed by atoms with Crippen LogP contribution in [0, 0.1) is 11.3 Å². The van der Waals surface area contributed by atoms with Crippen LogP contribution in [0.4, 0.5) is 5.69 Å². The van der Waals surface area contributed by atoms with E-state index in [1.165, 1.54) is 0 Å². The molecule has 7 nitrogen and oxygen atoms in total. The molecule has 0 aromatic heterocycles. The number of nitrogens with zero attached hydrogens (tertiary/aromatic N) is 1. The van der Waals surface area contributed by atoms with Gasteiger partial charge in [-0.25, -0.2) is 0 Å². The number of rotatable bonds is 6. The van der Waals surface area contributed by atoms with Crippen LogP contribution in [0.2, 0.25) is 0 Å². The highest BCUT2D eigenvalue weighted by Crippen LogP contribution is 2.31. The molecule has 1 aromatic rings. The Morgan fingerprint density at radius 2 is 1.96 bits per heavy atom. The van der Waals surface area contributed by atoms with Crippen LogP contribution >= 0.6 is 11.8 Å². The van der Waals surface area contributed by atoms with E-state index < -0.39 is 17.3 Å². The molecular formula is C19H24N2O5S. The third kappa shape index (κ3) is 4.27. The largest absolute Gasteiger partial charge is 0.481 e. The Bertz CT molecular complexity index is 715. The van der Waals surface area contributed by atoms with Gasteiger partial charge in [0.25, 0.3) is 0 Å². The van der Waals surface area contributed by atoms with Crippen LogP contribution in [-0.4, -0.2) is 55.4 Å². The highest BCUT2D eigenvalue weighted by Gasteiger charge is 2.42. The molecule has 2 amide bonds. The van der Waals surface area contributed by atoms with Gasteiger partial charge < -0.3 is 20.1 Å². The maximum Gasteiger partial charge on any atom is 0.311 e. The number of carboxylic acids is 1. The van der Waals surface area contributed by atoms with Crippen molar-refractivity contribution in [1.29, 1.82) is 0 Å². The van der Waals surface area contributed by atoms with Gasteiger partial charge in [0.2, 0.25) is 11.8 Å². The predicted molar refractivity (Wildman–Crippen MR) is 102 cm³/mol.